The highest BCUT2D eigenvalue weighted by Crippen LogP contribution is 2.14. The van der Waals surface area contributed by atoms with Gasteiger partial charge in [-0.05, 0) is 26.7 Å². The summed E-state index contributed by atoms with van der Waals surface area (Å²) >= 11 is 0. The summed E-state index contributed by atoms with van der Waals surface area (Å²) in [6.07, 6.45) is 7.40. The fourth-order valence-electron chi connectivity index (χ4n) is 1.54. The molecule has 0 unspecified atom stereocenters. The molecule has 0 saturated carbocycles. The highest BCUT2D eigenvalue weighted by atomic mass is 16.4. The van der Waals surface area contributed by atoms with Gasteiger partial charge in [-0.1, -0.05) is 32.1 Å². The summed E-state index contributed by atoms with van der Waals surface area (Å²) in [6.45, 7) is 3.67. The van der Waals surface area contributed by atoms with E-state index < -0.39 is 11.6 Å². The number of aliphatic hydroxyl groups is 1. The van der Waals surface area contributed by atoms with Crippen molar-refractivity contribution < 1.29 is 15.0 Å². The second kappa shape index (κ2) is 7.69. The molecule has 0 aliphatic carbocycles. The van der Waals surface area contributed by atoms with Crippen LogP contribution in [0.4, 0.5) is 0 Å². The first-order valence-corrected chi connectivity index (χ1v) is 5.86. The molecule has 0 spiro atoms. The zero-order valence-electron chi connectivity index (χ0n) is 9.96. The van der Waals surface area contributed by atoms with Crippen molar-refractivity contribution in [2.24, 2.45) is 0 Å². The molecular weight excluding hydrogens is 192 g/mol. The molecule has 0 aromatic rings. The van der Waals surface area contributed by atoms with Crippen LogP contribution in [0.5, 0.6) is 0 Å². The van der Waals surface area contributed by atoms with Crippen LogP contribution in [-0.2, 0) is 4.79 Å². The lowest BCUT2D eigenvalue weighted by molar-refractivity contribution is -0.137. The van der Waals surface area contributed by atoms with Gasteiger partial charge >= 0.3 is 5.97 Å². The van der Waals surface area contributed by atoms with E-state index in [-0.39, 0.29) is 0 Å². The largest absolute Gasteiger partial charge is 0.481 e. The van der Waals surface area contributed by atoms with Crippen LogP contribution in [0.2, 0.25) is 0 Å². The van der Waals surface area contributed by atoms with Crippen LogP contribution in [0.1, 0.15) is 65.2 Å². The number of carbonyl (C=O) groups is 1. The lowest BCUT2D eigenvalue weighted by Crippen LogP contribution is -2.17. The van der Waals surface area contributed by atoms with Crippen LogP contribution in [-0.4, -0.2) is 21.8 Å². The fraction of sp³-hybridized carbons (Fsp3) is 0.917. The molecule has 3 heteroatoms. The molecule has 0 heterocycles. The maximum absolute atomic E-state index is 10.2. The molecule has 0 rings (SSSR count). The minimum Gasteiger partial charge on any atom is -0.481 e. The minimum absolute atomic E-state index is 0.295. The molecule has 2 N–H and O–H groups in total. The first kappa shape index (κ1) is 14.4. The molecule has 0 aliphatic heterocycles. The predicted octanol–water partition coefficient (Wildman–Crippen LogP) is 2.96. The average molecular weight is 216 g/mol. The van der Waals surface area contributed by atoms with E-state index in [1.54, 1.807) is 0 Å². The van der Waals surface area contributed by atoms with E-state index in [1.807, 2.05) is 13.8 Å². The molecule has 3 nitrogen and oxygen atoms in total. The molecule has 0 fully saturated rings. The molecule has 0 aromatic carbocycles. The zero-order chi connectivity index (χ0) is 11.7. The van der Waals surface area contributed by atoms with E-state index in [1.165, 1.54) is 0 Å². The third-order valence-corrected chi connectivity index (χ3v) is 2.43. The molecule has 0 atom stereocenters. The summed E-state index contributed by atoms with van der Waals surface area (Å²) in [5.41, 5.74) is -0.538. The number of hydrogen-bond donors (Lipinski definition) is 2. The second-order valence-electron chi connectivity index (χ2n) is 4.83. The van der Waals surface area contributed by atoms with E-state index in [4.69, 9.17) is 5.11 Å². The van der Waals surface area contributed by atoms with Crippen molar-refractivity contribution in [1.82, 2.24) is 0 Å². The van der Waals surface area contributed by atoms with Crippen molar-refractivity contribution in [3.8, 4) is 0 Å². The summed E-state index contributed by atoms with van der Waals surface area (Å²) in [5.74, 6) is -0.697. The third-order valence-electron chi connectivity index (χ3n) is 2.43. The van der Waals surface area contributed by atoms with Crippen molar-refractivity contribution >= 4 is 5.97 Å². The van der Waals surface area contributed by atoms with Crippen LogP contribution in [0.15, 0.2) is 0 Å². The van der Waals surface area contributed by atoms with Gasteiger partial charge in [0.1, 0.15) is 0 Å². The van der Waals surface area contributed by atoms with E-state index in [0.29, 0.717) is 6.42 Å². The number of rotatable bonds is 9. The number of aliphatic carboxylic acids is 1. The molecule has 0 saturated heterocycles. The van der Waals surface area contributed by atoms with Crippen molar-refractivity contribution in [2.45, 2.75) is 70.8 Å². The molecule has 0 amide bonds. The Morgan fingerprint density at radius 2 is 1.47 bits per heavy atom. The van der Waals surface area contributed by atoms with Gasteiger partial charge in [-0.25, -0.2) is 0 Å². The normalized spacial score (nSPS) is 11.7. The van der Waals surface area contributed by atoms with Gasteiger partial charge in [0.05, 0.1) is 5.60 Å². The number of unbranched alkanes of at least 4 members (excludes halogenated alkanes) is 5. The topological polar surface area (TPSA) is 57.5 Å². The Bertz CT molecular complexity index is 170. The van der Waals surface area contributed by atoms with Gasteiger partial charge in [0.15, 0.2) is 0 Å². The van der Waals surface area contributed by atoms with Crippen molar-refractivity contribution in [3.63, 3.8) is 0 Å². The lowest BCUT2D eigenvalue weighted by Gasteiger charge is -2.16. The quantitative estimate of drug-likeness (QED) is 0.582. The highest BCUT2D eigenvalue weighted by molar-refractivity contribution is 5.66. The maximum atomic E-state index is 10.2. The van der Waals surface area contributed by atoms with Crippen LogP contribution >= 0.6 is 0 Å². The third kappa shape index (κ3) is 13.4. The van der Waals surface area contributed by atoms with Crippen molar-refractivity contribution in [1.29, 1.82) is 0 Å². The number of carboxylic acids is 1. The van der Waals surface area contributed by atoms with Crippen molar-refractivity contribution in [2.75, 3.05) is 0 Å². The summed E-state index contributed by atoms with van der Waals surface area (Å²) < 4.78 is 0. The number of carboxylic acid groups (broad SMARTS) is 1. The fourth-order valence-corrected chi connectivity index (χ4v) is 1.54. The Morgan fingerprint density at radius 1 is 1.00 bits per heavy atom. The Morgan fingerprint density at radius 3 is 1.93 bits per heavy atom. The molecular formula is C12H24O3. The van der Waals surface area contributed by atoms with Gasteiger partial charge < -0.3 is 10.2 Å². The SMILES string of the molecule is CC(C)(O)CCCCCCCCC(=O)O. The Balaban J connectivity index is 3.09. The number of hydrogen-bond acceptors (Lipinski definition) is 2. The van der Waals surface area contributed by atoms with E-state index >= 15 is 0 Å². The molecule has 0 radical (unpaired) electrons. The van der Waals surface area contributed by atoms with Crippen LogP contribution in [0.25, 0.3) is 0 Å². The predicted molar refractivity (Wildman–Crippen MR) is 60.9 cm³/mol. The van der Waals surface area contributed by atoms with Gasteiger partial charge in [-0.3, -0.25) is 4.79 Å². The summed E-state index contributed by atoms with van der Waals surface area (Å²) in [4.78, 5) is 10.2. The molecule has 0 aromatic heterocycles. The van der Waals surface area contributed by atoms with Gasteiger partial charge in [-0.2, -0.15) is 0 Å². The van der Waals surface area contributed by atoms with Crippen LogP contribution in [0.3, 0.4) is 0 Å². The lowest BCUT2D eigenvalue weighted by atomic mass is 10.00. The van der Waals surface area contributed by atoms with Crippen molar-refractivity contribution in [3.05, 3.63) is 0 Å². The van der Waals surface area contributed by atoms with Crippen LogP contribution < -0.4 is 0 Å². The van der Waals surface area contributed by atoms with Crippen LogP contribution in [0, 0.1) is 0 Å². The molecule has 15 heavy (non-hydrogen) atoms. The Labute approximate surface area is 92.5 Å². The van der Waals surface area contributed by atoms with Gasteiger partial charge in [0.25, 0.3) is 0 Å². The summed E-state index contributed by atoms with van der Waals surface area (Å²) in [5, 5.41) is 17.9. The standard InChI is InChI=1S/C12H24O3/c1-12(2,15)10-8-6-4-3-5-7-9-11(13)14/h15H,3-10H2,1-2H3,(H,13,14). The molecule has 0 aliphatic rings. The average Bonchev–Trinajstić information content (AvgIpc) is 2.07. The first-order valence-electron chi connectivity index (χ1n) is 5.86. The highest BCUT2D eigenvalue weighted by Gasteiger charge is 2.10. The Kier molecular flexibility index (Phi) is 7.39. The van der Waals surface area contributed by atoms with Gasteiger partial charge in [0, 0.05) is 6.42 Å². The maximum Gasteiger partial charge on any atom is 0.303 e. The smallest absolute Gasteiger partial charge is 0.303 e. The van der Waals surface area contributed by atoms with E-state index in [0.717, 1.165) is 44.9 Å². The summed E-state index contributed by atoms with van der Waals surface area (Å²) in [6, 6.07) is 0. The molecule has 0 bridgehead atoms. The zero-order valence-corrected chi connectivity index (χ0v) is 9.96. The Hall–Kier alpha value is -0.570. The van der Waals surface area contributed by atoms with E-state index in [9.17, 15) is 9.90 Å². The second-order valence-corrected chi connectivity index (χ2v) is 4.83. The minimum atomic E-state index is -0.697. The summed E-state index contributed by atoms with van der Waals surface area (Å²) in [7, 11) is 0. The first-order chi connectivity index (χ1) is 6.92. The van der Waals surface area contributed by atoms with Gasteiger partial charge in [0.2, 0.25) is 0 Å². The van der Waals surface area contributed by atoms with E-state index in [2.05, 4.69) is 0 Å². The van der Waals surface area contributed by atoms with Gasteiger partial charge in [-0.15, -0.1) is 0 Å². The monoisotopic (exact) mass is 216 g/mol. The molecule has 90 valence electrons.